The molecule has 32 heavy (non-hydrogen) atoms. The van der Waals surface area contributed by atoms with E-state index in [4.69, 9.17) is 9.84 Å². The summed E-state index contributed by atoms with van der Waals surface area (Å²) in [6, 6.07) is 13.5. The predicted octanol–water partition coefficient (Wildman–Crippen LogP) is 2.80. The molecule has 3 N–H and O–H groups in total. The first-order chi connectivity index (χ1) is 15.4. The number of rotatable bonds is 7. The van der Waals surface area contributed by atoms with Gasteiger partial charge in [0.1, 0.15) is 6.04 Å². The van der Waals surface area contributed by atoms with Gasteiger partial charge in [-0.3, -0.25) is 4.79 Å². The van der Waals surface area contributed by atoms with Gasteiger partial charge in [0.15, 0.2) is 0 Å². The molecular weight excluding hydrogens is 414 g/mol. The Kier molecular flexibility index (Phi) is 7.43. The monoisotopic (exact) mass is 439 g/mol. The van der Waals surface area contributed by atoms with Crippen LogP contribution in [-0.4, -0.2) is 53.1 Å². The molecule has 1 heterocycles. The number of esters is 1. The van der Waals surface area contributed by atoms with Gasteiger partial charge in [-0.2, -0.15) is 0 Å². The first-order valence-corrected chi connectivity index (χ1v) is 10.3. The van der Waals surface area contributed by atoms with E-state index in [1.54, 1.807) is 6.92 Å². The Morgan fingerprint density at radius 3 is 2.50 bits per heavy atom. The van der Waals surface area contributed by atoms with Crippen LogP contribution in [0.4, 0.5) is 10.5 Å². The fourth-order valence-corrected chi connectivity index (χ4v) is 3.78. The van der Waals surface area contributed by atoms with Crippen molar-refractivity contribution < 1.29 is 29.0 Å². The van der Waals surface area contributed by atoms with Gasteiger partial charge in [-0.05, 0) is 43.5 Å². The van der Waals surface area contributed by atoms with Crippen molar-refractivity contribution in [3.05, 3.63) is 65.7 Å². The van der Waals surface area contributed by atoms with Gasteiger partial charge >= 0.3 is 18.0 Å². The molecule has 9 heteroatoms. The highest BCUT2D eigenvalue weighted by Gasteiger charge is 2.42. The summed E-state index contributed by atoms with van der Waals surface area (Å²) < 4.78 is 5.15. The molecule has 3 amide bonds. The van der Waals surface area contributed by atoms with Crippen LogP contribution in [0.1, 0.15) is 41.7 Å². The molecule has 1 fully saturated rings. The summed E-state index contributed by atoms with van der Waals surface area (Å²) in [5.41, 5.74) is 1.21. The second-order valence-corrected chi connectivity index (χ2v) is 7.27. The number of carboxylic acids is 1. The Hall–Kier alpha value is -3.88. The molecule has 0 spiro atoms. The van der Waals surface area contributed by atoms with E-state index in [-0.39, 0.29) is 30.4 Å². The molecule has 1 aliphatic rings. The predicted molar refractivity (Wildman–Crippen MR) is 116 cm³/mol. The van der Waals surface area contributed by atoms with Crippen molar-refractivity contribution in [3.63, 3.8) is 0 Å². The largest absolute Gasteiger partial charge is 0.478 e. The minimum Gasteiger partial charge on any atom is -0.478 e. The molecule has 2 aromatic rings. The second kappa shape index (κ2) is 10.4. The lowest BCUT2D eigenvalue weighted by molar-refractivity contribution is -0.154. The van der Waals surface area contributed by atoms with E-state index in [0.29, 0.717) is 12.8 Å². The lowest BCUT2D eigenvalue weighted by Gasteiger charge is -2.29. The molecule has 0 saturated carbocycles. The summed E-state index contributed by atoms with van der Waals surface area (Å²) in [5, 5.41) is 14.0. The lowest BCUT2D eigenvalue weighted by atomic mass is 10.0. The van der Waals surface area contributed by atoms with Crippen molar-refractivity contribution in [1.29, 1.82) is 0 Å². The molecule has 2 unspecified atom stereocenters. The molecular formula is C23H25N3O6. The van der Waals surface area contributed by atoms with E-state index in [9.17, 15) is 19.2 Å². The highest BCUT2D eigenvalue weighted by molar-refractivity contribution is 5.95. The average molecular weight is 439 g/mol. The number of nitrogens with zero attached hydrogens (tertiary/aromatic N) is 1. The average Bonchev–Trinajstić information content (AvgIpc) is 3.24. The van der Waals surface area contributed by atoms with E-state index >= 15 is 0 Å². The third kappa shape index (κ3) is 5.42. The number of carboxylic acid groups (broad SMARTS) is 1. The van der Waals surface area contributed by atoms with Crippen LogP contribution in [0.2, 0.25) is 0 Å². The van der Waals surface area contributed by atoms with Crippen molar-refractivity contribution in [2.24, 2.45) is 0 Å². The molecule has 168 valence electrons. The van der Waals surface area contributed by atoms with Gasteiger partial charge < -0.3 is 25.4 Å². The summed E-state index contributed by atoms with van der Waals surface area (Å²) >= 11 is 0. The maximum Gasteiger partial charge on any atom is 0.335 e. The summed E-state index contributed by atoms with van der Waals surface area (Å²) in [7, 11) is 0. The number of hydrogen-bond acceptors (Lipinski definition) is 5. The molecule has 0 radical (unpaired) electrons. The SMILES string of the molecule is CCOC(=O)C1CCC(c2ccccc2)N1C(=O)CNC(=O)Nc1cccc(C(=O)O)c1. The Labute approximate surface area is 185 Å². The Bertz CT molecular complexity index is 994. The number of benzene rings is 2. The molecule has 0 aliphatic carbocycles. The van der Waals surface area contributed by atoms with Crippen molar-refractivity contribution in [2.45, 2.75) is 31.8 Å². The van der Waals surface area contributed by atoms with Gasteiger partial charge in [-0.25, -0.2) is 14.4 Å². The number of urea groups is 1. The summed E-state index contributed by atoms with van der Waals surface area (Å²) in [6.45, 7) is 1.59. The van der Waals surface area contributed by atoms with E-state index in [1.807, 2.05) is 30.3 Å². The van der Waals surface area contributed by atoms with Crippen molar-refractivity contribution in [2.75, 3.05) is 18.5 Å². The Morgan fingerprint density at radius 2 is 1.81 bits per heavy atom. The molecule has 0 bridgehead atoms. The van der Waals surface area contributed by atoms with Gasteiger partial charge in [-0.15, -0.1) is 0 Å². The highest BCUT2D eigenvalue weighted by atomic mass is 16.5. The fraction of sp³-hybridized carbons (Fsp3) is 0.304. The smallest absolute Gasteiger partial charge is 0.335 e. The molecule has 1 aliphatic heterocycles. The number of nitrogens with one attached hydrogen (secondary N) is 2. The van der Waals surface area contributed by atoms with E-state index < -0.39 is 29.9 Å². The molecule has 1 saturated heterocycles. The van der Waals surface area contributed by atoms with Crippen LogP contribution in [-0.2, 0) is 14.3 Å². The van der Waals surface area contributed by atoms with Gasteiger partial charge in [0, 0.05) is 5.69 Å². The summed E-state index contributed by atoms with van der Waals surface area (Å²) in [6.07, 6.45) is 1.08. The van der Waals surface area contributed by atoms with Crippen molar-refractivity contribution >= 4 is 29.6 Å². The normalized spacial score (nSPS) is 17.5. The van der Waals surface area contributed by atoms with Crippen LogP contribution in [0, 0.1) is 0 Å². The minimum absolute atomic E-state index is 0.0268. The first kappa shape index (κ1) is 22.8. The number of hydrogen-bond donors (Lipinski definition) is 3. The van der Waals surface area contributed by atoms with Gasteiger partial charge in [0.2, 0.25) is 5.91 Å². The number of likely N-dealkylation sites (tertiary alicyclic amines) is 1. The summed E-state index contributed by atoms with van der Waals surface area (Å²) in [4.78, 5) is 50.3. The summed E-state index contributed by atoms with van der Waals surface area (Å²) in [5.74, 6) is -1.99. The molecule has 3 rings (SSSR count). The molecule has 2 atom stereocenters. The van der Waals surface area contributed by atoms with E-state index in [0.717, 1.165) is 5.56 Å². The van der Waals surface area contributed by atoms with Crippen LogP contribution in [0.25, 0.3) is 0 Å². The molecule has 9 nitrogen and oxygen atoms in total. The Morgan fingerprint density at radius 1 is 1.06 bits per heavy atom. The van der Waals surface area contributed by atoms with Crippen LogP contribution in [0.15, 0.2) is 54.6 Å². The van der Waals surface area contributed by atoms with Crippen molar-refractivity contribution in [1.82, 2.24) is 10.2 Å². The topological polar surface area (TPSA) is 125 Å². The quantitative estimate of drug-likeness (QED) is 0.570. The second-order valence-electron chi connectivity index (χ2n) is 7.27. The maximum atomic E-state index is 13.0. The van der Waals surface area contributed by atoms with Gasteiger partial charge in [-0.1, -0.05) is 36.4 Å². The zero-order chi connectivity index (χ0) is 23.1. The number of anilines is 1. The number of aromatic carboxylic acids is 1. The van der Waals surface area contributed by atoms with Crippen LogP contribution < -0.4 is 10.6 Å². The number of amides is 3. The molecule has 2 aromatic carbocycles. The van der Waals surface area contributed by atoms with E-state index in [2.05, 4.69) is 10.6 Å². The van der Waals surface area contributed by atoms with Crippen LogP contribution in [0.5, 0.6) is 0 Å². The van der Waals surface area contributed by atoms with Crippen molar-refractivity contribution in [3.8, 4) is 0 Å². The standard InChI is InChI=1S/C23H25N3O6/c1-2-32-22(30)19-12-11-18(15-7-4-3-5-8-15)26(19)20(27)14-24-23(31)25-17-10-6-9-16(13-17)21(28)29/h3-10,13,18-19H,2,11-12,14H2,1H3,(H,28,29)(H2,24,25,31). The molecule has 0 aromatic heterocycles. The van der Waals surface area contributed by atoms with Gasteiger partial charge in [0.05, 0.1) is 24.8 Å². The zero-order valence-corrected chi connectivity index (χ0v) is 17.6. The van der Waals surface area contributed by atoms with Crippen LogP contribution >= 0.6 is 0 Å². The Balaban J connectivity index is 1.68. The number of ether oxygens (including phenoxy) is 1. The highest BCUT2D eigenvalue weighted by Crippen LogP contribution is 2.36. The first-order valence-electron chi connectivity index (χ1n) is 10.3. The number of carbonyl (C=O) groups excluding carboxylic acids is 3. The third-order valence-electron chi connectivity index (χ3n) is 5.18. The minimum atomic E-state index is -1.12. The maximum absolute atomic E-state index is 13.0. The number of carbonyl (C=O) groups is 4. The van der Waals surface area contributed by atoms with Crippen LogP contribution in [0.3, 0.4) is 0 Å². The lowest BCUT2D eigenvalue weighted by Crippen LogP contribution is -2.47. The fourth-order valence-electron chi connectivity index (χ4n) is 3.78. The third-order valence-corrected chi connectivity index (χ3v) is 5.18. The van der Waals surface area contributed by atoms with E-state index in [1.165, 1.54) is 29.2 Å². The van der Waals surface area contributed by atoms with Gasteiger partial charge in [0.25, 0.3) is 0 Å². The zero-order valence-electron chi connectivity index (χ0n) is 17.6.